The summed E-state index contributed by atoms with van der Waals surface area (Å²) < 4.78 is 0. The summed E-state index contributed by atoms with van der Waals surface area (Å²) >= 11 is 0. The van der Waals surface area contributed by atoms with Gasteiger partial charge in [-0.2, -0.15) is 0 Å². The van der Waals surface area contributed by atoms with Gasteiger partial charge in [-0.25, -0.2) is 0 Å². The van der Waals surface area contributed by atoms with Crippen molar-refractivity contribution in [1.82, 2.24) is 15.2 Å². The Labute approximate surface area is 118 Å². The molecule has 1 saturated heterocycles. The fourth-order valence-electron chi connectivity index (χ4n) is 2.81. The number of hydrogen-bond acceptors (Lipinski definition) is 3. The van der Waals surface area contributed by atoms with Crippen molar-refractivity contribution in [3.8, 4) is 0 Å². The quantitative estimate of drug-likeness (QED) is 0.907. The molecule has 1 N–H and O–H groups in total. The average molecular weight is 269 g/mol. The molecule has 0 aliphatic carbocycles. The molecule has 0 spiro atoms. The van der Waals surface area contributed by atoms with Crippen LogP contribution in [0, 0.1) is 0 Å². The predicted octanol–water partition coefficient (Wildman–Crippen LogP) is 2.06. The zero-order valence-electron chi connectivity index (χ0n) is 11.7. The first-order valence-corrected chi connectivity index (χ1v) is 7.09. The minimum atomic E-state index is 0.0808. The second kappa shape index (κ2) is 5.59. The molecule has 1 aromatic carbocycles. The number of rotatable bonds is 2. The van der Waals surface area contributed by atoms with Gasteiger partial charge in [-0.05, 0) is 37.6 Å². The molecule has 2 heterocycles. The number of hydrogen-bond donors (Lipinski definition) is 1. The summed E-state index contributed by atoms with van der Waals surface area (Å²) in [7, 11) is 1.90. The van der Waals surface area contributed by atoms with Gasteiger partial charge >= 0.3 is 0 Å². The van der Waals surface area contributed by atoms with Crippen LogP contribution in [0.4, 0.5) is 0 Å². The molecule has 1 atom stereocenters. The molecule has 0 bridgehead atoms. The number of likely N-dealkylation sites (N-methyl/N-ethyl adjacent to an activating group) is 1. The van der Waals surface area contributed by atoms with Gasteiger partial charge in [-0.1, -0.05) is 12.1 Å². The number of aromatic nitrogens is 1. The smallest absolute Gasteiger partial charge is 0.254 e. The largest absolute Gasteiger partial charge is 0.337 e. The van der Waals surface area contributed by atoms with Gasteiger partial charge in [-0.15, -0.1) is 0 Å². The molecule has 4 heteroatoms. The number of amides is 1. The van der Waals surface area contributed by atoms with E-state index >= 15 is 0 Å². The molecule has 20 heavy (non-hydrogen) atoms. The number of fused-ring (bicyclic) bond motifs is 1. The van der Waals surface area contributed by atoms with E-state index in [4.69, 9.17) is 0 Å². The van der Waals surface area contributed by atoms with Crippen molar-refractivity contribution >= 4 is 16.8 Å². The summed E-state index contributed by atoms with van der Waals surface area (Å²) in [4.78, 5) is 18.9. The molecule has 1 unspecified atom stereocenters. The van der Waals surface area contributed by atoms with Crippen molar-refractivity contribution in [3.05, 3.63) is 42.1 Å². The molecule has 1 aliphatic heterocycles. The Hall–Kier alpha value is -1.94. The van der Waals surface area contributed by atoms with Crippen molar-refractivity contribution in [2.24, 2.45) is 0 Å². The van der Waals surface area contributed by atoms with E-state index in [1.807, 2.05) is 42.3 Å². The molecule has 104 valence electrons. The lowest BCUT2D eigenvalue weighted by molar-refractivity contribution is 0.0710. The molecular weight excluding hydrogens is 250 g/mol. The van der Waals surface area contributed by atoms with Crippen LogP contribution in [0.1, 0.15) is 23.2 Å². The van der Waals surface area contributed by atoms with E-state index in [-0.39, 0.29) is 11.9 Å². The topological polar surface area (TPSA) is 45.2 Å². The number of nitrogens with zero attached hydrogens (tertiary/aromatic N) is 2. The van der Waals surface area contributed by atoms with E-state index in [1.165, 1.54) is 0 Å². The molecule has 4 nitrogen and oxygen atoms in total. The Morgan fingerprint density at radius 3 is 3.05 bits per heavy atom. The highest BCUT2D eigenvalue weighted by molar-refractivity contribution is 6.06. The summed E-state index contributed by atoms with van der Waals surface area (Å²) in [5, 5.41) is 4.28. The number of carbonyl (C=O) groups excluding carboxylic acids is 1. The Balaban J connectivity index is 1.92. The standard InChI is InChI=1S/C16H19N3O/c1-19(12-5-3-9-17-11-12)16(20)14-6-2-8-15-13(14)7-4-10-18-15/h2,4,6-8,10,12,17H,3,5,9,11H2,1H3. The van der Waals surface area contributed by atoms with Crippen molar-refractivity contribution < 1.29 is 4.79 Å². The third-order valence-electron chi connectivity index (χ3n) is 4.02. The van der Waals surface area contributed by atoms with Crippen LogP contribution in [0.2, 0.25) is 0 Å². The summed E-state index contributed by atoms with van der Waals surface area (Å²) in [5.41, 5.74) is 1.61. The Kier molecular flexibility index (Phi) is 3.65. The minimum absolute atomic E-state index is 0.0808. The van der Waals surface area contributed by atoms with E-state index in [1.54, 1.807) is 6.20 Å². The number of pyridine rings is 1. The number of piperidine rings is 1. The Morgan fingerprint density at radius 1 is 1.35 bits per heavy atom. The molecule has 1 amide bonds. The van der Waals surface area contributed by atoms with Crippen LogP contribution in [-0.2, 0) is 0 Å². The summed E-state index contributed by atoms with van der Waals surface area (Å²) in [6, 6.07) is 9.84. The molecule has 1 aromatic heterocycles. The molecular formula is C16H19N3O. The summed E-state index contributed by atoms with van der Waals surface area (Å²) in [6.45, 7) is 1.93. The van der Waals surface area contributed by atoms with Gasteiger partial charge in [0.1, 0.15) is 0 Å². The number of carbonyl (C=O) groups is 1. The van der Waals surface area contributed by atoms with Crippen LogP contribution in [0.5, 0.6) is 0 Å². The highest BCUT2D eigenvalue weighted by atomic mass is 16.2. The third-order valence-corrected chi connectivity index (χ3v) is 4.02. The maximum Gasteiger partial charge on any atom is 0.254 e. The molecule has 0 saturated carbocycles. The Morgan fingerprint density at radius 2 is 2.25 bits per heavy atom. The van der Waals surface area contributed by atoms with Gasteiger partial charge in [0.2, 0.25) is 0 Å². The molecule has 1 aliphatic rings. The summed E-state index contributed by atoms with van der Waals surface area (Å²) in [6.07, 6.45) is 3.95. The molecule has 2 aromatic rings. The normalized spacial score (nSPS) is 18.9. The van der Waals surface area contributed by atoms with Crippen LogP contribution >= 0.6 is 0 Å². The van der Waals surface area contributed by atoms with E-state index in [0.29, 0.717) is 0 Å². The van der Waals surface area contributed by atoms with Gasteiger partial charge in [0.05, 0.1) is 5.52 Å². The summed E-state index contributed by atoms with van der Waals surface area (Å²) in [5.74, 6) is 0.0808. The second-order valence-electron chi connectivity index (χ2n) is 5.29. The molecule has 1 fully saturated rings. The third kappa shape index (κ3) is 2.39. The second-order valence-corrected chi connectivity index (χ2v) is 5.29. The van der Waals surface area contributed by atoms with E-state index < -0.39 is 0 Å². The Bertz CT molecular complexity index is 615. The zero-order valence-corrected chi connectivity index (χ0v) is 11.7. The number of benzene rings is 1. The van der Waals surface area contributed by atoms with Gasteiger partial charge in [-0.3, -0.25) is 9.78 Å². The monoisotopic (exact) mass is 269 g/mol. The highest BCUT2D eigenvalue weighted by Gasteiger charge is 2.23. The maximum atomic E-state index is 12.7. The van der Waals surface area contributed by atoms with E-state index in [2.05, 4.69) is 10.3 Å². The first-order chi connectivity index (χ1) is 9.77. The first kappa shape index (κ1) is 13.1. The minimum Gasteiger partial charge on any atom is -0.337 e. The van der Waals surface area contributed by atoms with Crippen LogP contribution in [0.3, 0.4) is 0 Å². The first-order valence-electron chi connectivity index (χ1n) is 7.09. The van der Waals surface area contributed by atoms with Crippen molar-refractivity contribution in [1.29, 1.82) is 0 Å². The van der Waals surface area contributed by atoms with Crippen LogP contribution < -0.4 is 5.32 Å². The SMILES string of the molecule is CN(C(=O)c1cccc2ncccc12)C1CCCNC1. The lowest BCUT2D eigenvalue weighted by Gasteiger charge is -2.32. The van der Waals surface area contributed by atoms with Crippen LogP contribution in [0.15, 0.2) is 36.5 Å². The highest BCUT2D eigenvalue weighted by Crippen LogP contribution is 2.20. The lowest BCUT2D eigenvalue weighted by atomic mass is 10.0. The van der Waals surface area contributed by atoms with Crippen LogP contribution in [-0.4, -0.2) is 42.0 Å². The van der Waals surface area contributed by atoms with Crippen molar-refractivity contribution in [2.75, 3.05) is 20.1 Å². The number of nitrogens with one attached hydrogen (secondary N) is 1. The fraction of sp³-hybridized carbons (Fsp3) is 0.375. The van der Waals surface area contributed by atoms with Gasteiger partial charge in [0.25, 0.3) is 5.91 Å². The fourth-order valence-corrected chi connectivity index (χ4v) is 2.81. The van der Waals surface area contributed by atoms with Gasteiger partial charge < -0.3 is 10.2 Å². The van der Waals surface area contributed by atoms with E-state index in [0.717, 1.165) is 42.4 Å². The predicted molar refractivity (Wildman–Crippen MR) is 79.7 cm³/mol. The van der Waals surface area contributed by atoms with Crippen LogP contribution in [0.25, 0.3) is 10.9 Å². The average Bonchev–Trinajstić information content (AvgIpc) is 2.54. The molecule has 0 radical (unpaired) electrons. The van der Waals surface area contributed by atoms with Crippen molar-refractivity contribution in [2.45, 2.75) is 18.9 Å². The maximum absolute atomic E-state index is 12.7. The van der Waals surface area contributed by atoms with Gasteiger partial charge in [0.15, 0.2) is 0 Å². The van der Waals surface area contributed by atoms with Crippen molar-refractivity contribution in [3.63, 3.8) is 0 Å². The zero-order chi connectivity index (χ0) is 13.9. The molecule has 3 rings (SSSR count). The lowest BCUT2D eigenvalue weighted by Crippen LogP contribution is -2.46. The van der Waals surface area contributed by atoms with Gasteiger partial charge in [0, 0.05) is 36.8 Å². The van der Waals surface area contributed by atoms with E-state index in [9.17, 15) is 4.79 Å².